The van der Waals surface area contributed by atoms with Crippen LogP contribution in [-0.4, -0.2) is 76.9 Å². The van der Waals surface area contributed by atoms with E-state index in [-0.39, 0.29) is 5.78 Å². The minimum Gasteiger partial charge on any atom is -0.496 e. The molecule has 2 saturated heterocycles. The van der Waals surface area contributed by atoms with Gasteiger partial charge in [0.1, 0.15) is 25.7 Å². The number of nitrogens with zero attached hydrogens (tertiary/aromatic N) is 2. The van der Waals surface area contributed by atoms with Crippen molar-refractivity contribution in [1.29, 1.82) is 0 Å². The average molecular weight is 560 g/mol. The van der Waals surface area contributed by atoms with Gasteiger partial charge in [-0.2, -0.15) is 0 Å². The highest BCUT2D eigenvalue weighted by Gasteiger charge is 2.44. The zero-order chi connectivity index (χ0) is 28.3. The summed E-state index contributed by atoms with van der Waals surface area (Å²) >= 11 is 0. The van der Waals surface area contributed by atoms with Crippen molar-refractivity contribution in [3.8, 4) is 11.5 Å². The molecule has 2 aromatic carbocycles. The van der Waals surface area contributed by atoms with Crippen molar-refractivity contribution in [2.24, 2.45) is 0 Å². The SMILES string of the molecule is C=C[Si]1(C)C2=CC(=[N+]3CC(F)C3)C=CC2=C(c2c(OC)cc(C(C)=O)cc2OC)c2ccc(N3CC(F)C3)cc21. The van der Waals surface area contributed by atoms with Crippen molar-refractivity contribution >= 4 is 36.0 Å². The first kappa shape index (κ1) is 26.4. The zero-order valence-corrected chi connectivity index (χ0v) is 24.3. The maximum atomic E-state index is 13.8. The Morgan fingerprint density at radius 3 is 2.30 bits per heavy atom. The van der Waals surface area contributed by atoms with E-state index >= 15 is 0 Å². The fraction of sp³-hybridized carbons (Fsp3) is 0.312. The van der Waals surface area contributed by atoms with E-state index in [0.29, 0.717) is 43.2 Å². The van der Waals surface area contributed by atoms with Crippen molar-refractivity contribution in [1.82, 2.24) is 0 Å². The Bertz CT molecular complexity index is 1550. The number of Topliss-reactive ketones (excluding diaryl/α,β-unsaturated/α-hetero) is 1. The van der Waals surface area contributed by atoms with Gasteiger partial charge in [0.15, 0.2) is 24.6 Å². The molecule has 0 aromatic heterocycles. The van der Waals surface area contributed by atoms with Gasteiger partial charge in [0, 0.05) is 29.0 Å². The summed E-state index contributed by atoms with van der Waals surface area (Å²) in [7, 11) is 0.678. The Kier molecular flexibility index (Phi) is 6.41. The Morgan fingerprint density at radius 1 is 1.07 bits per heavy atom. The lowest BCUT2D eigenvalue weighted by Crippen LogP contribution is -2.53. The number of alkyl halides is 2. The van der Waals surface area contributed by atoms with Crippen LogP contribution in [-0.2, 0) is 0 Å². The van der Waals surface area contributed by atoms with E-state index in [1.807, 2.05) is 12.1 Å². The highest BCUT2D eigenvalue weighted by atomic mass is 28.3. The van der Waals surface area contributed by atoms with Crippen LogP contribution in [0.5, 0.6) is 11.5 Å². The number of halogens is 2. The normalized spacial score (nSPS) is 23.6. The standard InChI is InChI=1S/C32H33F2N2O3Si/c1-6-40(5)29-13-23(35-15-21(33)16-35)7-9-25(29)31(26-10-8-24(14-30(26)40)36-17-22(34)18-36)32-27(38-3)11-20(19(2)37)12-28(32)39-4/h6-14,21-22H,1,15-18H2,2-5H3/q+1. The summed E-state index contributed by atoms with van der Waals surface area (Å²) in [5, 5.41) is 2.32. The molecule has 0 amide bonds. The summed E-state index contributed by atoms with van der Waals surface area (Å²) in [6, 6.07) is 9.87. The van der Waals surface area contributed by atoms with Gasteiger partial charge in [-0.15, -0.1) is 6.58 Å². The van der Waals surface area contributed by atoms with Gasteiger partial charge in [-0.25, -0.2) is 13.4 Å². The van der Waals surface area contributed by atoms with Gasteiger partial charge in [0.05, 0.1) is 32.9 Å². The number of ether oxygens (including phenoxy) is 2. The number of carbonyl (C=O) groups excluding carboxylic acids is 1. The molecular weight excluding hydrogens is 526 g/mol. The topological polar surface area (TPSA) is 41.8 Å². The van der Waals surface area contributed by atoms with Crippen LogP contribution in [0.1, 0.15) is 28.4 Å². The van der Waals surface area contributed by atoms with Gasteiger partial charge >= 0.3 is 0 Å². The number of benzene rings is 2. The van der Waals surface area contributed by atoms with Crippen LogP contribution in [0.2, 0.25) is 6.55 Å². The quantitative estimate of drug-likeness (QED) is 0.292. The highest BCUT2D eigenvalue weighted by Crippen LogP contribution is 2.48. The minimum absolute atomic E-state index is 0.0834. The predicted octanol–water partition coefficient (Wildman–Crippen LogP) is 4.73. The van der Waals surface area contributed by atoms with Gasteiger partial charge < -0.3 is 14.4 Å². The van der Waals surface area contributed by atoms with Crippen LogP contribution in [0.3, 0.4) is 0 Å². The third kappa shape index (κ3) is 3.99. The number of ketones is 1. The maximum Gasteiger partial charge on any atom is 0.216 e. The van der Waals surface area contributed by atoms with Crippen LogP contribution in [0.15, 0.2) is 71.6 Å². The lowest BCUT2D eigenvalue weighted by Gasteiger charge is -2.41. The zero-order valence-electron chi connectivity index (χ0n) is 23.3. The highest BCUT2D eigenvalue weighted by molar-refractivity contribution is 7.02. The summed E-state index contributed by atoms with van der Waals surface area (Å²) in [4.78, 5) is 14.4. The van der Waals surface area contributed by atoms with Crippen LogP contribution in [0.25, 0.3) is 5.57 Å². The molecule has 4 aliphatic rings. The summed E-state index contributed by atoms with van der Waals surface area (Å²) in [6.45, 7) is 9.64. The molecule has 0 N–H and O–H groups in total. The molecule has 1 aliphatic carbocycles. The molecule has 0 saturated carbocycles. The Morgan fingerprint density at radius 2 is 1.75 bits per heavy atom. The molecule has 6 rings (SSSR count). The molecule has 5 nitrogen and oxygen atoms in total. The molecule has 2 aromatic rings. The number of rotatable bonds is 6. The number of fused-ring (bicyclic) bond motifs is 2. The van der Waals surface area contributed by atoms with Crippen molar-refractivity contribution in [2.45, 2.75) is 25.8 Å². The third-order valence-corrected chi connectivity index (χ3v) is 12.5. The average Bonchev–Trinajstić information content (AvgIpc) is 2.93. The second-order valence-electron chi connectivity index (χ2n) is 11.1. The maximum absolute atomic E-state index is 13.8. The first-order valence-corrected chi connectivity index (χ1v) is 16.1. The molecule has 8 heteroatoms. The first-order chi connectivity index (χ1) is 19.2. The van der Waals surface area contributed by atoms with E-state index in [1.165, 1.54) is 6.92 Å². The van der Waals surface area contributed by atoms with Gasteiger partial charge in [0.2, 0.25) is 6.17 Å². The number of carbonyl (C=O) groups is 1. The molecule has 2 fully saturated rings. The van der Waals surface area contributed by atoms with Crippen molar-refractivity contribution < 1.29 is 27.6 Å². The van der Waals surface area contributed by atoms with E-state index in [0.717, 1.165) is 44.1 Å². The van der Waals surface area contributed by atoms with Crippen molar-refractivity contribution in [3.05, 3.63) is 88.3 Å². The number of methoxy groups -OCH3 is 2. The largest absolute Gasteiger partial charge is 0.496 e. The van der Waals surface area contributed by atoms with Crippen molar-refractivity contribution in [2.75, 3.05) is 45.3 Å². The van der Waals surface area contributed by atoms with Gasteiger partial charge in [-0.05, 0) is 58.8 Å². The number of allylic oxidation sites excluding steroid dienone is 5. The fourth-order valence-electron chi connectivity index (χ4n) is 6.17. The number of hydrogen-bond donors (Lipinski definition) is 0. The molecule has 206 valence electrons. The Balaban J connectivity index is 1.66. The lowest BCUT2D eigenvalue weighted by molar-refractivity contribution is -0.599. The second-order valence-corrected chi connectivity index (χ2v) is 14.9. The van der Waals surface area contributed by atoms with E-state index in [1.54, 1.807) is 26.4 Å². The number of hydrogen-bond acceptors (Lipinski definition) is 4. The smallest absolute Gasteiger partial charge is 0.216 e. The summed E-state index contributed by atoms with van der Waals surface area (Å²) in [6.07, 6.45) is 4.72. The minimum atomic E-state index is -2.51. The monoisotopic (exact) mass is 559 g/mol. The van der Waals surface area contributed by atoms with Gasteiger partial charge in [0.25, 0.3) is 0 Å². The Labute approximate surface area is 234 Å². The van der Waals surface area contributed by atoms with Crippen molar-refractivity contribution in [3.63, 3.8) is 0 Å². The predicted molar refractivity (Wildman–Crippen MR) is 158 cm³/mol. The molecule has 0 bridgehead atoms. The molecule has 0 radical (unpaired) electrons. The van der Waals surface area contributed by atoms with Crippen LogP contribution in [0, 0.1) is 0 Å². The van der Waals surface area contributed by atoms with Gasteiger partial charge in [-0.3, -0.25) is 4.79 Å². The number of anilines is 1. The fourth-order valence-corrected chi connectivity index (χ4v) is 9.33. The van der Waals surface area contributed by atoms with Crippen LogP contribution < -0.4 is 19.6 Å². The molecule has 0 spiro atoms. The van der Waals surface area contributed by atoms with Gasteiger partial charge in [-0.1, -0.05) is 18.3 Å². The molecule has 3 aliphatic heterocycles. The molecule has 3 heterocycles. The second kappa shape index (κ2) is 9.69. The van der Waals surface area contributed by atoms with Crippen LogP contribution in [0.4, 0.5) is 14.5 Å². The summed E-state index contributed by atoms with van der Waals surface area (Å²) in [5.74, 6) is 0.999. The third-order valence-electron chi connectivity index (χ3n) is 8.64. The molecule has 40 heavy (non-hydrogen) atoms. The molecular formula is C32H33F2N2O3Si+. The first-order valence-electron chi connectivity index (χ1n) is 13.5. The molecule has 1 atom stereocenters. The summed E-state index contributed by atoms with van der Waals surface area (Å²) in [5.41, 5.74) is 8.34. The Hall–Kier alpha value is -3.78. The molecule has 1 unspecified atom stereocenters. The van der Waals surface area contributed by atoms with E-state index in [9.17, 15) is 13.6 Å². The lowest BCUT2D eigenvalue weighted by atomic mass is 9.87. The van der Waals surface area contributed by atoms with E-state index in [2.05, 4.69) is 52.6 Å². The van der Waals surface area contributed by atoms with Crippen LogP contribution >= 0.6 is 0 Å². The van der Waals surface area contributed by atoms with E-state index in [4.69, 9.17) is 9.47 Å². The summed E-state index contributed by atoms with van der Waals surface area (Å²) < 4.78 is 41.4. The van der Waals surface area contributed by atoms with E-state index < -0.39 is 20.4 Å².